The normalized spacial score (nSPS) is 24.3. The van der Waals surface area contributed by atoms with E-state index in [2.05, 4.69) is 30.4 Å². The fourth-order valence-electron chi connectivity index (χ4n) is 4.32. The van der Waals surface area contributed by atoms with E-state index in [0.29, 0.717) is 5.92 Å². The van der Waals surface area contributed by atoms with Gasteiger partial charge in [-0.15, -0.1) is 0 Å². The summed E-state index contributed by atoms with van der Waals surface area (Å²) in [5.74, 6) is 0.501. The zero-order chi connectivity index (χ0) is 17.2. The first-order chi connectivity index (χ1) is 12.3. The van der Waals surface area contributed by atoms with Crippen LogP contribution in [0, 0.1) is 6.42 Å². The Kier molecular flexibility index (Phi) is 6.00. The van der Waals surface area contributed by atoms with Crippen LogP contribution < -0.4 is 4.90 Å². The number of benzene rings is 1. The molecule has 4 aliphatic rings. The van der Waals surface area contributed by atoms with Crippen molar-refractivity contribution in [3.05, 3.63) is 83.9 Å². The van der Waals surface area contributed by atoms with E-state index in [9.17, 15) is 4.79 Å². The van der Waals surface area contributed by atoms with E-state index >= 15 is 0 Å². The summed E-state index contributed by atoms with van der Waals surface area (Å²) in [5.41, 5.74) is 5.41. The van der Waals surface area contributed by atoms with Crippen molar-refractivity contribution < 1.29 is 21.6 Å². The van der Waals surface area contributed by atoms with Crippen LogP contribution in [-0.2, 0) is 21.6 Å². The molecule has 0 saturated heterocycles. The number of amides is 1. The summed E-state index contributed by atoms with van der Waals surface area (Å²) in [4.78, 5) is 14.1. The summed E-state index contributed by atoms with van der Waals surface area (Å²) >= 11 is 0. The Balaban J connectivity index is 0.000000285. The number of carbonyl (C=O) groups excluding carboxylic acids is 1. The molecule has 1 fully saturated rings. The van der Waals surface area contributed by atoms with Crippen LogP contribution in [0.25, 0.3) is 0 Å². The smallest absolute Gasteiger partial charge is 0.224 e. The number of para-hydroxylation sites is 1. The Morgan fingerprint density at radius 3 is 2.23 bits per heavy atom. The van der Waals surface area contributed by atoms with Crippen LogP contribution in [0.3, 0.4) is 0 Å². The predicted octanol–water partition coefficient (Wildman–Crippen LogP) is 5.26. The molecule has 0 unspecified atom stereocenters. The van der Waals surface area contributed by atoms with Crippen LogP contribution in [0.5, 0.6) is 0 Å². The van der Waals surface area contributed by atoms with E-state index in [-0.39, 0.29) is 28.7 Å². The average Bonchev–Trinajstić information content (AvgIpc) is 3.30. The molecule has 1 heterocycles. The number of anilines is 1. The van der Waals surface area contributed by atoms with E-state index in [1.165, 1.54) is 42.4 Å². The molecule has 0 aromatic heterocycles. The zero-order valence-electron chi connectivity index (χ0n) is 15.0. The third kappa shape index (κ3) is 3.51. The van der Waals surface area contributed by atoms with Crippen molar-refractivity contribution >= 4 is 11.6 Å². The average molecular weight is 389 g/mol. The van der Waals surface area contributed by atoms with Crippen molar-refractivity contribution in [2.75, 3.05) is 4.90 Å². The molecule has 1 saturated carbocycles. The molecule has 1 amide bonds. The minimum absolute atomic E-state index is 0. The molecule has 1 aromatic carbocycles. The molecule has 2 radical (unpaired) electrons. The third-order valence-electron chi connectivity index (χ3n) is 5.42. The van der Waals surface area contributed by atoms with Gasteiger partial charge in [-0.2, -0.15) is 0 Å². The van der Waals surface area contributed by atoms with Crippen LogP contribution >= 0.6 is 0 Å². The monoisotopic (exact) mass is 389 g/mol. The number of carbonyl (C=O) groups is 1. The first-order valence-electron chi connectivity index (χ1n) is 9.23. The van der Waals surface area contributed by atoms with Crippen LogP contribution in [0.15, 0.2) is 71.9 Å². The van der Waals surface area contributed by atoms with Crippen molar-refractivity contribution in [2.45, 2.75) is 44.6 Å². The van der Waals surface area contributed by atoms with Crippen LogP contribution in [-0.4, -0.2) is 11.9 Å². The quantitative estimate of drug-likeness (QED) is 0.593. The summed E-state index contributed by atoms with van der Waals surface area (Å²) < 4.78 is 0. The second kappa shape index (κ2) is 8.23. The largest absolute Gasteiger partial charge is 0.305 e. The van der Waals surface area contributed by atoms with Crippen molar-refractivity contribution in [1.82, 2.24) is 0 Å². The van der Waals surface area contributed by atoms with Gasteiger partial charge in [0.15, 0.2) is 0 Å². The molecule has 2 atom stereocenters. The van der Waals surface area contributed by atoms with Gasteiger partial charge in [0, 0.05) is 41.7 Å². The van der Waals surface area contributed by atoms with E-state index < -0.39 is 0 Å². The molecular formula is C23H24CoNO. The standard InChI is InChI=1S/C18H19NO.C5H5.Co/c1-12(20)19-17-9-5-4-8-15(17)16-10-13-6-2-3-7-14(13)11-18(16)19;1-2-4-5-3-1;/h4-5,8-11,16,18H,2-3,6-7H2,1H3;1-5H;/t16-,18-;;/m0../s1. The van der Waals surface area contributed by atoms with E-state index in [1.807, 2.05) is 41.7 Å². The fourth-order valence-corrected chi connectivity index (χ4v) is 4.32. The number of fused-ring (bicyclic) bond motifs is 4. The minimum Gasteiger partial charge on any atom is -0.305 e. The Hall–Kier alpha value is -1.84. The van der Waals surface area contributed by atoms with E-state index in [0.717, 1.165) is 5.69 Å². The number of rotatable bonds is 0. The second-order valence-corrected chi connectivity index (χ2v) is 7.02. The molecule has 2 nitrogen and oxygen atoms in total. The molecule has 0 N–H and O–H groups in total. The maximum atomic E-state index is 12.1. The Morgan fingerprint density at radius 1 is 0.962 bits per heavy atom. The maximum absolute atomic E-state index is 12.1. The first kappa shape index (κ1) is 18.9. The molecule has 136 valence electrons. The molecule has 3 heteroatoms. The number of nitrogens with zero attached hydrogens (tertiary/aromatic N) is 1. The van der Waals surface area contributed by atoms with Gasteiger partial charge in [-0.25, -0.2) is 0 Å². The van der Waals surface area contributed by atoms with Crippen LogP contribution in [0.2, 0.25) is 0 Å². The molecule has 5 rings (SSSR count). The van der Waals surface area contributed by atoms with Crippen molar-refractivity contribution in [1.29, 1.82) is 0 Å². The van der Waals surface area contributed by atoms with Gasteiger partial charge in [-0.05, 0) is 48.5 Å². The number of allylic oxidation sites excluding steroid dienone is 6. The first-order valence-corrected chi connectivity index (χ1v) is 9.23. The molecule has 1 aliphatic heterocycles. The SMILES string of the molecule is CC(=O)N1c2ccccc2[C@@H]2C=C3CCCCC3=C[C@@H]21.[CH]1C=CC=C1.[Co]. The van der Waals surface area contributed by atoms with Gasteiger partial charge in [0.1, 0.15) is 0 Å². The van der Waals surface area contributed by atoms with Gasteiger partial charge >= 0.3 is 0 Å². The van der Waals surface area contributed by atoms with Gasteiger partial charge < -0.3 is 4.90 Å². The second-order valence-electron chi connectivity index (χ2n) is 7.02. The molecule has 1 aromatic rings. The summed E-state index contributed by atoms with van der Waals surface area (Å²) in [6.07, 6.45) is 19.8. The topological polar surface area (TPSA) is 20.3 Å². The molecular weight excluding hydrogens is 365 g/mol. The van der Waals surface area contributed by atoms with Crippen molar-refractivity contribution in [3.63, 3.8) is 0 Å². The zero-order valence-corrected chi connectivity index (χ0v) is 16.1. The third-order valence-corrected chi connectivity index (χ3v) is 5.42. The molecule has 0 bridgehead atoms. The Labute approximate surface area is 166 Å². The minimum atomic E-state index is 0. The van der Waals surface area contributed by atoms with Gasteiger partial charge in [-0.3, -0.25) is 4.79 Å². The summed E-state index contributed by atoms with van der Waals surface area (Å²) in [5, 5.41) is 0. The van der Waals surface area contributed by atoms with Crippen molar-refractivity contribution in [3.8, 4) is 0 Å². The number of hydrogen-bond acceptors (Lipinski definition) is 1. The fraction of sp³-hybridized carbons (Fsp3) is 0.304. The van der Waals surface area contributed by atoms with Crippen LogP contribution in [0.4, 0.5) is 5.69 Å². The van der Waals surface area contributed by atoms with Crippen molar-refractivity contribution in [2.24, 2.45) is 0 Å². The summed E-state index contributed by atoms with van der Waals surface area (Å²) in [6, 6.07) is 8.56. The van der Waals surface area contributed by atoms with Gasteiger partial charge in [-0.1, -0.05) is 54.7 Å². The van der Waals surface area contributed by atoms with Gasteiger partial charge in [0.2, 0.25) is 5.91 Å². The summed E-state index contributed by atoms with van der Waals surface area (Å²) in [7, 11) is 0. The molecule has 0 spiro atoms. The molecule has 3 aliphatic carbocycles. The van der Waals surface area contributed by atoms with Crippen LogP contribution in [0.1, 0.15) is 44.1 Å². The van der Waals surface area contributed by atoms with Gasteiger partial charge in [0.05, 0.1) is 6.04 Å². The summed E-state index contributed by atoms with van der Waals surface area (Å²) in [6.45, 7) is 1.68. The predicted molar refractivity (Wildman–Crippen MR) is 103 cm³/mol. The number of hydrogen-bond donors (Lipinski definition) is 0. The Morgan fingerprint density at radius 2 is 1.62 bits per heavy atom. The molecule has 26 heavy (non-hydrogen) atoms. The maximum Gasteiger partial charge on any atom is 0.224 e. The van der Waals surface area contributed by atoms with Gasteiger partial charge in [0.25, 0.3) is 0 Å². The van der Waals surface area contributed by atoms with E-state index in [4.69, 9.17) is 0 Å². The Bertz CT molecular complexity index is 792. The van der Waals surface area contributed by atoms with E-state index in [1.54, 1.807) is 6.92 Å².